The van der Waals surface area contributed by atoms with Gasteiger partial charge in [-0.05, 0) is 17.5 Å². The highest BCUT2D eigenvalue weighted by atomic mass is 79.9. The summed E-state index contributed by atoms with van der Waals surface area (Å²) >= 11 is 3.46. The van der Waals surface area contributed by atoms with Crippen LogP contribution in [0.5, 0.6) is 0 Å². The number of hydrogen-bond donors (Lipinski definition) is 0. The summed E-state index contributed by atoms with van der Waals surface area (Å²) in [5.41, 5.74) is 1.28. The summed E-state index contributed by atoms with van der Waals surface area (Å²) in [6.07, 6.45) is 1.95. The molecule has 0 aliphatic heterocycles. The average molecular weight is 243 g/mol. The Kier molecular flexibility index (Phi) is 3.72. The molecule has 0 N–H and O–H groups in total. The van der Waals surface area contributed by atoms with E-state index in [1.807, 2.05) is 25.2 Å². The summed E-state index contributed by atoms with van der Waals surface area (Å²) in [6.45, 7) is 2.18. The van der Waals surface area contributed by atoms with Crippen molar-refractivity contribution in [2.45, 2.75) is 12.8 Å². The summed E-state index contributed by atoms with van der Waals surface area (Å²) < 4.78 is 0. The van der Waals surface area contributed by atoms with Gasteiger partial charge < -0.3 is 4.90 Å². The van der Waals surface area contributed by atoms with E-state index in [-0.39, 0.29) is 0 Å². The van der Waals surface area contributed by atoms with Gasteiger partial charge >= 0.3 is 0 Å². The van der Waals surface area contributed by atoms with Gasteiger partial charge in [-0.1, -0.05) is 28.9 Å². The van der Waals surface area contributed by atoms with E-state index >= 15 is 0 Å². The Balaban J connectivity index is 2.81. The van der Waals surface area contributed by atoms with Crippen molar-refractivity contribution in [1.29, 1.82) is 0 Å². The van der Waals surface area contributed by atoms with Crippen LogP contribution in [0.2, 0.25) is 0 Å². The lowest BCUT2D eigenvalue weighted by Crippen LogP contribution is -2.10. The first-order chi connectivity index (χ1) is 6.15. The first-order valence-electron chi connectivity index (χ1n) is 4.34. The van der Waals surface area contributed by atoms with Crippen molar-refractivity contribution in [1.82, 2.24) is 4.98 Å². The van der Waals surface area contributed by atoms with Crippen LogP contribution >= 0.6 is 15.9 Å². The summed E-state index contributed by atoms with van der Waals surface area (Å²) in [4.78, 5) is 6.35. The third-order valence-electron chi connectivity index (χ3n) is 2.03. The van der Waals surface area contributed by atoms with Gasteiger partial charge in [-0.2, -0.15) is 0 Å². The summed E-state index contributed by atoms with van der Waals surface area (Å²) in [5, 5.41) is 0.982. The molecule has 1 heterocycles. The summed E-state index contributed by atoms with van der Waals surface area (Å²) in [5.74, 6) is 1.54. The predicted molar refractivity (Wildman–Crippen MR) is 60.8 cm³/mol. The minimum Gasteiger partial charge on any atom is -0.363 e. The Morgan fingerprint density at radius 3 is 2.54 bits per heavy atom. The van der Waals surface area contributed by atoms with Gasteiger partial charge in [0.2, 0.25) is 0 Å². The molecule has 2 nitrogen and oxygen atoms in total. The minimum atomic E-state index is 0.531. The van der Waals surface area contributed by atoms with Crippen molar-refractivity contribution in [2.24, 2.45) is 0 Å². The summed E-state index contributed by atoms with van der Waals surface area (Å²) in [7, 11) is 3.99. The van der Waals surface area contributed by atoms with Crippen LogP contribution in [-0.2, 0) is 0 Å². The van der Waals surface area contributed by atoms with Crippen molar-refractivity contribution in [3.8, 4) is 0 Å². The molecule has 1 unspecified atom stereocenters. The highest BCUT2D eigenvalue weighted by Gasteiger charge is 2.04. The first-order valence-corrected chi connectivity index (χ1v) is 5.46. The molecule has 0 aliphatic rings. The SMILES string of the molecule is CC(CBr)c1ccc(N(C)C)nc1. The van der Waals surface area contributed by atoms with Crippen LogP contribution in [0, 0.1) is 0 Å². The molecule has 1 atom stereocenters. The standard InChI is InChI=1S/C10H15BrN2/c1-8(6-11)9-4-5-10(12-7-9)13(2)3/h4-5,7-8H,6H2,1-3H3. The monoisotopic (exact) mass is 242 g/mol. The quantitative estimate of drug-likeness (QED) is 0.758. The zero-order valence-electron chi connectivity index (χ0n) is 8.29. The molecule has 0 aliphatic carbocycles. The zero-order valence-corrected chi connectivity index (χ0v) is 9.87. The number of nitrogens with zero attached hydrogens (tertiary/aromatic N) is 2. The largest absolute Gasteiger partial charge is 0.363 e. The van der Waals surface area contributed by atoms with E-state index in [1.54, 1.807) is 0 Å². The molecular formula is C10H15BrN2. The predicted octanol–water partition coefficient (Wildman–Crippen LogP) is 2.65. The van der Waals surface area contributed by atoms with Gasteiger partial charge in [0.05, 0.1) is 0 Å². The fraction of sp³-hybridized carbons (Fsp3) is 0.500. The smallest absolute Gasteiger partial charge is 0.127 e. The number of anilines is 1. The number of pyridine rings is 1. The molecule has 3 heteroatoms. The number of alkyl halides is 1. The van der Waals surface area contributed by atoms with Crippen LogP contribution in [0.25, 0.3) is 0 Å². The maximum Gasteiger partial charge on any atom is 0.127 e. The molecule has 0 saturated heterocycles. The fourth-order valence-corrected chi connectivity index (χ4v) is 1.42. The van der Waals surface area contributed by atoms with Crippen LogP contribution in [0.15, 0.2) is 18.3 Å². The van der Waals surface area contributed by atoms with Gasteiger partial charge in [-0.25, -0.2) is 4.98 Å². The lowest BCUT2D eigenvalue weighted by molar-refractivity contribution is 0.876. The number of rotatable bonds is 3. The molecule has 0 aromatic carbocycles. The van der Waals surface area contributed by atoms with E-state index in [4.69, 9.17) is 0 Å². The molecule has 0 fully saturated rings. The number of aromatic nitrogens is 1. The second-order valence-corrected chi connectivity index (χ2v) is 4.05. The van der Waals surface area contributed by atoms with Gasteiger partial charge in [0.1, 0.15) is 5.82 Å². The Morgan fingerprint density at radius 1 is 1.46 bits per heavy atom. The zero-order chi connectivity index (χ0) is 9.84. The third-order valence-corrected chi connectivity index (χ3v) is 3.00. The highest BCUT2D eigenvalue weighted by molar-refractivity contribution is 9.09. The van der Waals surface area contributed by atoms with Crippen LogP contribution in [0.3, 0.4) is 0 Å². The third kappa shape index (κ3) is 2.69. The van der Waals surface area contributed by atoms with E-state index in [9.17, 15) is 0 Å². The van der Waals surface area contributed by atoms with E-state index in [2.05, 4.69) is 40.0 Å². The van der Waals surface area contributed by atoms with Crippen LogP contribution < -0.4 is 4.90 Å². The first kappa shape index (κ1) is 10.5. The highest BCUT2D eigenvalue weighted by Crippen LogP contribution is 2.18. The fourth-order valence-electron chi connectivity index (χ4n) is 1.04. The Morgan fingerprint density at radius 2 is 2.15 bits per heavy atom. The topological polar surface area (TPSA) is 16.1 Å². The van der Waals surface area contributed by atoms with Crippen molar-refractivity contribution < 1.29 is 0 Å². The Hall–Kier alpha value is -0.570. The maximum atomic E-state index is 4.35. The van der Waals surface area contributed by atoms with E-state index < -0.39 is 0 Å². The van der Waals surface area contributed by atoms with E-state index in [0.717, 1.165) is 11.1 Å². The molecule has 1 aromatic heterocycles. The van der Waals surface area contributed by atoms with Crippen molar-refractivity contribution in [3.63, 3.8) is 0 Å². The molecule has 72 valence electrons. The second kappa shape index (κ2) is 4.61. The van der Waals surface area contributed by atoms with Gasteiger partial charge in [0.15, 0.2) is 0 Å². The van der Waals surface area contributed by atoms with Crippen LogP contribution in [0.1, 0.15) is 18.4 Å². The van der Waals surface area contributed by atoms with Gasteiger partial charge in [0.25, 0.3) is 0 Å². The number of hydrogen-bond acceptors (Lipinski definition) is 2. The van der Waals surface area contributed by atoms with Crippen molar-refractivity contribution >= 4 is 21.7 Å². The van der Waals surface area contributed by atoms with Crippen LogP contribution in [-0.4, -0.2) is 24.4 Å². The molecule has 13 heavy (non-hydrogen) atoms. The van der Waals surface area contributed by atoms with E-state index in [0.29, 0.717) is 5.92 Å². The average Bonchev–Trinajstić information content (AvgIpc) is 2.17. The summed E-state index contributed by atoms with van der Waals surface area (Å²) in [6, 6.07) is 4.18. The molecular weight excluding hydrogens is 228 g/mol. The molecule has 0 radical (unpaired) electrons. The van der Waals surface area contributed by atoms with Gasteiger partial charge in [0, 0.05) is 25.6 Å². The van der Waals surface area contributed by atoms with E-state index in [1.165, 1.54) is 5.56 Å². The molecule has 0 saturated carbocycles. The second-order valence-electron chi connectivity index (χ2n) is 3.40. The molecule has 1 aromatic rings. The lowest BCUT2D eigenvalue weighted by Gasteiger charge is -2.13. The normalized spacial score (nSPS) is 12.6. The maximum absolute atomic E-state index is 4.35. The van der Waals surface area contributed by atoms with Crippen LogP contribution in [0.4, 0.5) is 5.82 Å². The molecule has 0 bridgehead atoms. The minimum absolute atomic E-state index is 0.531. The van der Waals surface area contributed by atoms with Gasteiger partial charge in [-0.3, -0.25) is 0 Å². The molecule has 1 rings (SSSR count). The Bertz CT molecular complexity index is 256. The van der Waals surface area contributed by atoms with Gasteiger partial charge in [-0.15, -0.1) is 0 Å². The van der Waals surface area contributed by atoms with Crippen molar-refractivity contribution in [2.75, 3.05) is 24.3 Å². The molecule has 0 amide bonds. The Labute approximate surface area is 88.1 Å². The number of halogens is 1. The molecule has 0 spiro atoms. The lowest BCUT2D eigenvalue weighted by atomic mass is 10.1. The van der Waals surface area contributed by atoms with Crippen molar-refractivity contribution in [3.05, 3.63) is 23.9 Å².